The van der Waals surface area contributed by atoms with Gasteiger partial charge in [0.1, 0.15) is 0 Å². The van der Waals surface area contributed by atoms with E-state index in [4.69, 9.17) is 4.99 Å². The van der Waals surface area contributed by atoms with Crippen LogP contribution in [0.4, 0.5) is 0 Å². The lowest BCUT2D eigenvalue weighted by Crippen LogP contribution is -2.44. The second-order valence-corrected chi connectivity index (χ2v) is 8.10. The highest BCUT2D eigenvalue weighted by Crippen LogP contribution is 2.36. The molecule has 1 fully saturated rings. The van der Waals surface area contributed by atoms with E-state index < -0.39 is 5.41 Å². The molecule has 1 aromatic rings. The predicted molar refractivity (Wildman–Crippen MR) is 98.2 cm³/mol. The molecule has 0 aromatic heterocycles. The van der Waals surface area contributed by atoms with E-state index in [9.17, 15) is 4.79 Å². The molecule has 0 radical (unpaired) electrons. The van der Waals surface area contributed by atoms with Gasteiger partial charge in [0, 0.05) is 5.25 Å². The van der Waals surface area contributed by atoms with Crippen molar-refractivity contribution in [3.05, 3.63) is 41.6 Å². The van der Waals surface area contributed by atoms with Crippen LogP contribution < -0.4 is 5.32 Å². The number of benzene rings is 1. The number of carbonyl (C=O) groups is 1. The van der Waals surface area contributed by atoms with Crippen molar-refractivity contribution in [2.75, 3.05) is 0 Å². The van der Waals surface area contributed by atoms with Gasteiger partial charge in [0.15, 0.2) is 5.17 Å². The lowest BCUT2D eigenvalue weighted by atomic mass is 9.86. The number of thioether (sulfide) groups is 1. The zero-order valence-electron chi connectivity index (χ0n) is 13.8. The fraction of sp³-hybridized carbons (Fsp3) is 0.474. The number of carbonyl (C=O) groups excluding carboxylic acids is 1. The Balaban J connectivity index is 1.86. The molecule has 122 valence electrons. The van der Waals surface area contributed by atoms with E-state index in [-0.39, 0.29) is 5.91 Å². The molecule has 0 spiro atoms. The van der Waals surface area contributed by atoms with Crippen molar-refractivity contribution < 1.29 is 4.79 Å². The molecule has 1 amide bonds. The Morgan fingerprint density at radius 2 is 1.87 bits per heavy atom. The topological polar surface area (TPSA) is 41.5 Å². The van der Waals surface area contributed by atoms with E-state index in [1.54, 1.807) is 11.8 Å². The maximum absolute atomic E-state index is 12.5. The second-order valence-electron chi connectivity index (χ2n) is 6.81. The Kier molecular flexibility index (Phi) is 4.90. The summed E-state index contributed by atoms with van der Waals surface area (Å²) in [6.45, 7) is 3.87. The third-order valence-electron chi connectivity index (χ3n) is 4.58. The number of amidine groups is 1. The summed E-state index contributed by atoms with van der Waals surface area (Å²) in [5.74, 6) is 0.0352. The van der Waals surface area contributed by atoms with Crippen molar-refractivity contribution in [3.63, 3.8) is 0 Å². The van der Waals surface area contributed by atoms with Gasteiger partial charge in [0.25, 0.3) is 0 Å². The van der Waals surface area contributed by atoms with E-state index in [1.165, 1.54) is 32.1 Å². The Morgan fingerprint density at radius 3 is 2.57 bits per heavy atom. The van der Waals surface area contributed by atoms with Gasteiger partial charge in [0.2, 0.25) is 5.91 Å². The molecule has 0 unspecified atom stereocenters. The van der Waals surface area contributed by atoms with Gasteiger partial charge in [-0.3, -0.25) is 4.79 Å². The largest absolute Gasteiger partial charge is 0.304 e. The molecular formula is C19H24N2OS. The van der Waals surface area contributed by atoms with Gasteiger partial charge in [0.05, 0.1) is 11.1 Å². The van der Waals surface area contributed by atoms with E-state index in [1.807, 2.05) is 50.3 Å². The predicted octanol–water partition coefficient (Wildman–Crippen LogP) is 4.61. The molecule has 2 aliphatic rings. The highest BCUT2D eigenvalue weighted by Gasteiger charge is 2.37. The SMILES string of the molecule is CC1(C)C(=O)NC(SC2CCCCC2)=N/C1=C/c1ccccc1. The third-order valence-corrected chi connectivity index (χ3v) is 5.81. The van der Waals surface area contributed by atoms with Crippen LogP contribution in [-0.4, -0.2) is 16.3 Å². The summed E-state index contributed by atoms with van der Waals surface area (Å²) < 4.78 is 0. The Labute approximate surface area is 142 Å². The quantitative estimate of drug-likeness (QED) is 0.861. The van der Waals surface area contributed by atoms with Crippen molar-refractivity contribution in [1.82, 2.24) is 5.32 Å². The van der Waals surface area contributed by atoms with Crippen LogP contribution in [0.1, 0.15) is 51.5 Å². The number of amides is 1. The lowest BCUT2D eigenvalue weighted by molar-refractivity contribution is -0.126. The standard InChI is InChI=1S/C19H24N2OS/c1-19(2)16(13-14-9-5-3-6-10-14)20-18(21-17(19)22)23-15-11-7-4-8-12-15/h3,5-6,9-10,13,15H,4,7-8,11-12H2,1-2H3,(H,20,21,22)/b16-13+. The Bertz CT molecular complexity index is 628. The molecule has 1 aliphatic heterocycles. The molecule has 1 aliphatic carbocycles. The molecule has 1 saturated carbocycles. The van der Waals surface area contributed by atoms with Gasteiger partial charge in [-0.25, -0.2) is 4.99 Å². The van der Waals surface area contributed by atoms with Crippen molar-refractivity contribution >= 4 is 28.9 Å². The van der Waals surface area contributed by atoms with Crippen LogP contribution in [0.15, 0.2) is 41.0 Å². The van der Waals surface area contributed by atoms with Gasteiger partial charge in [-0.1, -0.05) is 61.4 Å². The van der Waals surface area contributed by atoms with E-state index in [0.29, 0.717) is 5.25 Å². The van der Waals surface area contributed by atoms with Gasteiger partial charge in [-0.2, -0.15) is 0 Å². The van der Waals surface area contributed by atoms with Crippen molar-refractivity contribution in [3.8, 4) is 0 Å². The third kappa shape index (κ3) is 3.86. The lowest BCUT2D eigenvalue weighted by Gasteiger charge is -2.31. The summed E-state index contributed by atoms with van der Waals surface area (Å²) in [4.78, 5) is 17.3. The molecule has 0 bridgehead atoms. The van der Waals surface area contributed by atoms with Gasteiger partial charge in [-0.05, 0) is 38.3 Å². The summed E-state index contributed by atoms with van der Waals surface area (Å²) in [7, 11) is 0. The minimum Gasteiger partial charge on any atom is -0.304 e. The monoisotopic (exact) mass is 328 g/mol. The molecule has 0 saturated heterocycles. The summed E-state index contributed by atoms with van der Waals surface area (Å²) in [6, 6.07) is 10.1. The van der Waals surface area contributed by atoms with E-state index in [2.05, 4.69) is 5.32 Å². The average molecular weight is 328 g/mol. The van der Waals surface area contributed by atoms with Crippen LogP contribution >= 0.6 is 11.8 Å². The summed E-state index contributed by atoms with van der Waals surface area (Å²) in [5.41, 5.74) is 1.31. The van der Waals surface area contributed by atoms with Gasteiger partial charge < -0.3 is 5.32 Å². The summed E-state index contributed by atoms with van der Waals surface area (Å²) >= 11 is 1.74. The summed E-state index contributed by atoms with van der Waals surface area (Å²) in [5, 5.41) is 4.36. The van der Waals surface area contributed by atoms with Crippen molar-refractivity contribution in [2.24, 2.45) is 10.4 Å². The van der Waals surface area contributed by atoms with Crippen molar-refractivity contribution in [1.29, 1.82) is 0 Å². The maximum atomic E-state index is 12.5. The Hall–Kier alpha value is -1.55. The fourth-order valence-corrected chi connectivity index (χ4v) is 4.15. The highest BCUT2D eigenvalue weighted by molar-refractivity contribution is 8.14. The first-order valence-corrected chi connectivity index (χ1v) is 9.28. The normalized spacial score (nSPS) is 23.5. The second kappa shape index (κ2) is 6.91. The zero-order valence-corrected chi connectivity index (χ0v) is 14.7. The molecule has 0 atom stereocenters. The van der Waals surface area contributed by atoms with Crippen LogP contribution in [0.2, 0.25) is 0 Å². The van der Waals surface area contributed by atoms with Crippen LogP contribution in [0.25, 0.3) is 6.08 Å². The number of rotatable bonds is 2. The molecule has 1 aromatic carbocycles. The molecule has 1 N–H and O–H groups in total. The van der Waals surface area contributed by atoms with E-state index >= 15 is 0 Å². The highest BCUT2D eigenvalue weighted by atomic mass is 32.2. The van der Waals surface area contributed by atoms with E-state index in [0.717, 1.165) is 16.4 Å². The minimum atomic E-state index is -0.605. The average Bonchev–Trinajstić information content (AvgIpc) is 2.55. The molecule has 23 heavy (non-hydrogen) atoms. The molecular weight excluding hydrogens is 304 g/mol. The first kappa shape index (κ1) is 16.3. The van der Waals surface area contributed by atoms with Crippen LogP contribution in [0.5, 0.6) is 0 Å². The number of hydrogen-bond acceptors (Lipinski definition) is 3. The smallest absolute Gasteiger partial charge is 0.237 e. The zero-order chi connectivity index (χ0) is 16.3. The Morgan fingerprint density at radius 1 is 1.17 bits per heavy atom. The first-order valence-electron chi connectivity index (χ1n) is 8.40. The van der Waals surface area contributed by atoms with Crippen LogP contribution in [0, 0.1) is 5.41 Å². The van der Waals surface area contributed by atoms with Gasteiger partial charge in [-0.15, -0.1) is 0 Å². The first-order chi connectivity index (χ1) is 11.1. The molecule has 4 heteroatoms. The molecule has 3 rings (SSSR count). The fourth-order valence-electron chi connectivity index (χ4n) is 2.96. The van der Waals surface area contributed by atoms with Crippen molar-refractivity contribution in [2.45, 2.75) is 51.2 Å². The van der Waals surface area contributed by atoms with Gasteiger partial charge >= 0.3 is 0 Å². The molecule has 1 heterocycles. The summed E-state index contributed by atoms with van der Waals surface area (Å²) in [6.07, 6.45) is 8.39. The van der Waals surface area contributed by atoms with Crippen LogP contribution in [-0.2, 0) is 4.79 Å². The van der Waals surface area contributed by atoms with Crippen LogP contribution in [0.3, 0.4) is 0 Å². The number of nitrogens with zero attached hydrogens (tertiary/aromatic N) is 1. The molecule has 3 nitrogen and oxygen atoms in total. The number of aliphatic imine (C=N–C) groups is 1. The number of nitrogens with one attached hydrogen (secondary N) is 1. The number of hydrogen-bond donors (Lipinski definition) is 1. The maximum Gasteiger partial charge on any atom is 0.237 e. The minimum absolute atomic E-state index is 0.0352.